The van der Waals surface area contributed by atoms with Gasteiger partial charge < -0.3 is 0 Å². The molecule has 0 N–H and O–H groups in total. The van der Waals surface area contributed by atoms with Crippen molar-refractivity contribution in [1.82, 2.24) is 0 Å². The van der Waals surface area contributed by atoms with Crippen LogP contribution in [0.15, 0.2) is 37.9 Å². The van der Waals surface area contributed by atoms with E-state index in [2.05, 4.69) is 26.3 Å². The summed E-state index contributed by atoms with van der Waals surface area (Å²) in [5.74, 6) is 0. The Labute approximate surface area is 78.1 Å². The van der Waals surface area contributed by atoms with Gasteiger partial charge in [0.25, 0.3) is 0 Å². The molecule has 3 heteroatoms. The zero-order chi connectivity index (χ0) is 8.12. The first-order valence-corrected chi connectivity index (χ1v) is 2.48. The van der Waals surface area contributed by atoms with E-state index < -0.39 is 0 Å². The largest absolute Gasteiger partial charge is 0.193 e. The normalized spacial score (nSPS) is 3.20. The minimum atomic E-state index is 0. The monoisotopic (exact) mass is 223 g/mol. The summed E-state index contributed by atoms with van der Waals surface area (Å²) in [5, 5.41) is 7.51. The van der Waals surface area contributed by atoms with Crippen molar-refractivity contribution in [3.8, 4) is 6.07 Å². The van der Waals surface area contributed by atoms with E-state index in [0.29, 0.717) is 0 Å². The van der Waals surface area contributed by atoms with E-state index in [0.717, 1.165) is 0 Å². The number of hydrogen-bond acceptors (Lipinski definition) is 1. The summed E-state index contributed by atoms with van der Waals surface area (Å²) in [7, 11) is 0. The molecule has 0 heterocycles. The molecule has 0 rings (SSSR count). The minimum Gasteiger partial charge on any atom is -0.193 e. The van der Waals surface area contributed by atoms with Crippen molar-refractivity contribution in [2.45, 2.75) is 0 Å². The third-order valence-corrected chi connectivity index (χ3v) is 0.0913. The Kier molecular flexibility index (Phi) is 175. The number of rotatable bonds is 0. The summed E-state index contributed by atoms with van der Waals surface area (Å²) in [6.07, 6.45) is 1.18. The minimum absolute atomic E-state index is 0. The van der Waals surface area contributed by atoms with Crippen LogP contribution < -0.4 is 0 Å². The molecule has 0 saturated carbocycles. The number of nitrogens with zero attached hydrogens (tertiary/aromatic N) is 1. The topological polar surface area (TPSA) is 23.8 Å². The Hall–Kier alpha value is -0.520. The fraction of sp³-hybridized carbons (Fsp3) is 0. The molecule has 0 bridgehead atoms. The molecule has 0 saturated heterocycles. The third-order valence-electron chi connectivity index (χ3n) is 0.0913. The van der Waals surface area contributed by atoms with E-state index in [9.17, 15) is 0 Å². The predicted octanol–water partition coefficient (Wildman–Crippen LogP) is 3.44. The summed E-state index contributed by atoms with van der Waals surface area (Å²) in [4.78, 5) is 0. The molecule has 58 valence electrons. The lowest BCUT2D eigenvalue weighted by Gasteiger charge is -1.31. The highest BCUT2D eigenvalue weighted by Crippen LogP contribution is 1.60. The third kappa shape index (κ3) is 1360. The van der Waals surface area contributed by atoms with Crippen molar-refractivity contribution in [3.05, 3.63) is 37.9 Å². The highest BCUT2D eigenvalue weighted by atomic mass is 79.9. The smallest absolute Gasteiger partial charge is 0.0905 e. The Bertz CT molecular complexity index is 96.3. The van der Waals surface area contributed by atoms with Gasteiger partial charge in [0.2, 0.25) is 0 Å². The summed E-state index contributed by atoms with van der Waals surface area (Å²) in [6.45, 7) is 12.2. The van der Waals surface area contributed by atoms with Gasteiger partial charge in [0, 0.05) is 6.08 Å². The van der Waals surface area contributed by atoms with Crippen LogP contribution in [0.4, 0.5) is 0 Å². The van der Waals surface area contributed by atoms with Gasteiger partial charge in [-0.3, -0.25) is 0 Å². The van der Waals surface area contributed by atoms with Gasteiger partial charge in [0.15, 0.2) is 0 Å². The van der Waals surface area contributed by atoms with Crippen LogP contribution in [0.3, 0.4) is 0 Å². The second-order valence-electron chi connectivity index (χ2n) is 0.488. The zero-order valence-electron chi connectivity index (χ0n) is 5.72. The molecule has 0 aromatic carbocycles. The molecule has 10 heavy (non-hydrogen) atoms. The predicted molar refractivity (Wildman–Crippen MR) is 53.4 cm³/mol. The maximum Gasteiger partial charge on any atom is 0.0905 e. The molecule has 0 spiro atoms. The van der Waals surface area contributed by atoms with Crippen molar-refractivity contribution >= 4 is 28.6 Å². The average molecular weight is 225 g/mol. The Morgan fingerprint density at radius 1 is 1.30 bits per heavy atom. The molecular weight excluding hydrogens is 213 g/mol. The second-order valence-corrected chi connectivity index (χ2v) is 0.796. The van der Waals surface area contributed by atoms with Crippen LogP contribution in [-0.4, -0.2) is 0 Å². The molecule has 0 fully saturated rings. The summed E-state index contributed by atoms with van der Waals surface area (Å²) in [5.41, 5.74) is 1.22. The fourth-order valence-corrected chi connectivity index (χ4v) is 0. The van der Waals surface area contributed by atoms with E-state index in [-0.39, 0.29) is 17.0 Å². The maximum absolute atomic E-state index is 7.51. The summed E-state index contributed by atoms with van der Waals surface area (Å²) < 4.78 is 0. The lowest BCUT2D eigenvalue weighted by Crippen LogP contribution is -1.23. The molecule has 0 amide bonds. The molecule has 0 unspecified atom stereocenters. The number of nitriles is 1. The van der Waals surface area contributed by atoms with Crippen LogP contribution in [0.5, 0.6) is 0 Å². The second kappa shape index (κ2) is 77.1. The van der Waals surface area contributed by atoms with Gasteiger partial charge in [-0.25, -0.2) is 0 Å². The van der Waals surface area contributed by atoms with E-state index >= 15 is 0 Å². The van der Waals surface area contributed by atoms with Crippen molar-refractivity contribution in [3.63, 3.8) is 0 Å². The molecule has 0 aliphatic carbocycles. The van der Waals surface area contributed by atoms with Gasteiger partial charge in [0.1, 0.15) is 0 Å². The first-order valence-electron chi connectivity index (χ1n) is 2.05. The fourth-order valence-electron chi connectivity index (χ4n) is 0. The van der Waals surface area contributed by atoms with E-state index in [1.54, 1.807) is 6.07 Å². The molecule has 0 aromatic heterocycles. The Balaban J connectivity index is -0.0000000273. The number of hydrogen-bond donors (Lipinski definition) is 0. The van der Waals surface area contributed by atoms with Crippen LogP contribution in [0.2, 0.25) is 0 Å². The van der Waals surface area contributed by atoms with Crippen LogP contribution in [0.1, 0.15) is 0 Å². The Morgan fingerprint density at radius 3 is 1.40 bits per heavy atom. The molecule has 0 atom stereocenters. The standard InChI is InChI=1S/C3H3N.C2H3Cl.C2H4.BrH/c1-2-3-4;1-2-3;1-2;/h2H,1H2;2H,1H2;1-2H2;1H. The average Bonchev–Trinajstić information content (AvgIpc) is 1.94. The van der Waals surface area contributed by atoms with Gasteiger partial charge in [0.05, 0.1) is 6.07 Å². The van der Waals surface area contributed by atoms with Gasteiger partial charge in [-0.2, -0.15) is 5.26 Å². The highest BCUT2D eigenvalue weighted by molar-refractivity contribution is 8.93. The van der Waals surface area contributed by atoms with Crippen molar-refractivity contribution in [2.75, 3.05) is 0 Å². The van der Waals surface area contributed by atoms with Crippen LogP contribution in [-0.2, 0) is 0 Å². The van der Waals surface area contributed by atoms with Crippen molar-refractivity contribution in [2.24, 2.45) is 0 Å². The van der Waals surface area contributed by atoms with E-state index in [1.807, 2.05) is 0 Å². The quantitative estimate of drug-likeness (QED) is 0.457. The molecular formula is C7H11BrClN. The van der Waals surface area contributed by atoms with E-state index in [1.165, 1.54) is 11.6 Å². The van der Waals surface area contributed by atoms with Gasteiger partial charge in [-0.1, -0.05) is 24.8 Å². The molecule has 0 aliphatic rings. The molecule has 1 nitrogen and oxygen atoms in total. The number of allylic oxidation sites excluding steroid dienone is 1. The summed E-state index contributed by atoms with van der Waals surface area (Å²) in [6, 6.07) is 1.69. The lowest BCUT2D eigenvalue weighted by atomic mass is 10.8. The molecule has 0 aliphatic heterocycles. The SMILES string of the molecule is Br.C=C.C=CC#N.C=CCl. The zero-order valence-corrected chi connectivity index (χ0v) is 8.19. The summed E-state index contributed by atoms with van der Waals surface area (Å²) >= 11 is 4.76. The number of halogens is 2. The molecule has 0 aromatic rings. The van der Waals surface area contributed by atoms with Crippen molar-refractivity contribution < 1.29 is 0 Å². The lowest BCUT2D eigenvalue weighted by molar-refractivity contribution is 1.54. The molecule has 0 radical (unpaired) electrons. The van der Waals surface area contributed by atoms with Gasteiger partial charge in [-0.15, -0.1) is 30.1 Å². The highest BCUT2D eigenvalue weighted by Gasteiger charge is 1.34. The van der Waals surface area contributed by atoms with E-state index in [4.69, 9.17) is 16.9 Å². The van der Waals surface area contributed by atoms with Crippen LogP contribution >= 0.6 is 28.6 Å². The van der Waals surface area contributed by atoms with Crippen LogP contribution in [0, 0.1) is 11.3 Å². The van der Waals surface area contributed by atoms with Gasteiger partial charge in [-0.05, 0) is 5.54 Å². The first kappa shape index (κ1) is 22.7. The van der Waals surface area contributed by atoms with Crippen molar-refractivity contribution in [1.29, 1.82) is 5.26 Å². The van der Waals surface area contributed by atoms with Gasteiger partial charge >= 0.3 is 0 Å². The van der Waals surface area contributed by atoms with Crippen LogP contribution in [0.25, 0.3) is 0 Å². The first-order chi connectivity index (χ1) is 4.33. The maximum atomic E-state index is 7.51. The Morgan fingerprint density at radius 2 is 1.40 bits per heavy atom.